The van der Waals surface area contributed by atoms with Gasteiger partial charge in [0, 0.05) is 5.56 Å². The number of methoxy groups -OCH3 is 1. The number of aryl methyl sites for hydroxylation is 1. The van der Waals surface area contributed by atoms with Gasteiger partial charge in [0.1, 0.15) is 29.3 Å². The molecule has 0 aliphatic rings. The van der Waals surface area contributed by atoms with E-state index in [9.17, 15) is 9.59 Å². The monoisotopic (exact) mass is 382 g/mol. The molecule has 28 heavy (non-hydrogen) atoms. The highest BCUT2D eigenvalue weighted by atomic mass is 16.5. The fraction of sp³-hybridized carbons (Fsp3) is 0.0909. The third-order valence-electron chi connectivity index (χ3n) is 3.31. The zero-order chi connectivity index (χ0) is 20.8. The summed E-state index contributed by atoms with van der Waals surface area (Å²) in [6.07, 6.45) is 0.736. The van der Waals surface area contributed by atoms with Crippen molar-refractivity contribution in [2.75, 3.05) is 7.11 Å². The van der Waals surface area contributed by atoms with Crippen molar-refractivity contribution in [3.05, 3.63) is 83.9 Å². The summed E-state index contributed by atoms with van der Waals surface area (Å²) in [7, 11) is 1.58. The molecular weight excluding hydrogens is 360 g/mol. The van der Waals surface area contributed by atoms with Gasteiger partial charge in [-0.1, -0.05) is 17.7 Å². The standard InChI is InChI=1S/C8H8O3.C7H6O2.C7H8O/c1-10-7-2-4-8(5-3-7)11-6-9;8-5-6-1-3-7(9)4-2-6;1-6-2-4-7(8)5-3-6/h2-6H,1H3;1-5,9H;2-5,8H,1H3. The second-order valence-corrected chi connectivity index (χ2v) is 5.43. The second-order valence-electron chi connectivity index (χ2n) is 5.43. The zero-order valence-corrected chi connectivity index (χ0v) is 15.6. The van der Waals surface area contributed by atoms with Crippen molar-refractivity contribution in [3.8, 4) is 23.0 Å². The van der Waals surface area contributed by atoms with E-state index in [4.69, 9.17) is 14.9 Å². The minimum absolute atomic E-state index is 0.181. The summed E-state index contributed by atoms with van der Waals surface area (Å²) >= 11 is 0. The van der Waals surface area contributed by atoms with Crippen molar-refractivity contribution >= 4 is 12.8 Å². The van der Waals surface area contributed by atoms with Gasteiger partial charge in [0.05, 0.1) is 7.11 Å². The second kappa shape index (κ2) is 12.5. The maximum absolute atomic E-state index is 10.0. The highest BCUT2D eigenvalue weighted by Gasteiger charge is 1.92. The van der Waals surface area contributed by atoms with Gasteiger partial charge >= 0.3 is 0 Å². The lowest BCUT2D eigenvalue weighted by molar-refractivity contribution is -0.120. The van der Waals surface area contributed by atoms with Gasteiger partial charge in [-0.05, 0) is 67.6 Å². The van der Waals surface area contributed by atoms with Crippen molar-refractivity contribution in [2.45, 2.75) is 6.92 Å². The molecule has 0 aliphatic heterocycles. The van der Waals surface area contributed by atoms with Gasteiger partial charge in [-0.15, -0.1) is 0 Å². The fourth-order valence-electron chi connectivity index (χ4n) is 1.81. The molecule has 3 aromatic rings. The largest absolute Gasteiger partial charge is 0.508 e. The molecule has 3 rings (SSSR count). The molecule has 0 fully saturated rings. The average molecular weight is 382 g/mol. The number of carbonyl (C=O) groups is 2. The lowest BCUT2D eigenvalue weighted by Gasteiger charge is -1.99. The number of hydrogen-bond acceptors (Lipinski definition) is 6. The molecule has 0 aliphatic carbocycles. The lowest BCUT2D eigenvalue weighted by atomic mass is 10.2. The fourth-order valence-corrected chi connectivity index (χ4v) is 1.81. The molecule has 0 heterocycles. The number of benzene rings is 3. The molecule has 6 heteroatoms. The molecule has 0 bridgehead atoms. The van der Waals surface area contributed by atoms with Crippen LogP contribution in [0, 0.1) is 6.92 Å². The number of phenols is 2. The summed E-state index contributed by atoms with van der Waals surface area (Å²) in [6, 6.07) is 19.9. The van der Waals surface area contributed by atoms with E-state index in [1.165, 1.54) is 17.7 Å². The first-order valence-corrected chi connectivity index (χ1v) is 8.22. The molecule has 0 saturated carbocycles. The average Bonchev–Trinajstić information content (AvgIpc) is 2.73. The molecule has 2 N–H and O–H groups in total. The Hall–Kier alpha value is -3.80. The molecule has 0 amide bonds. The van der Waals surface area contributed by atoms with Crippen LogP contribution in [-0.2, 0) is 4.79 Å². The molecule has 3 aromatic carbocycles. The number of phenolic OH excluding ortho intramolecular Hbond substituents is 2. The van der Waals surface area contributed by atoms with Crippen LogP contribution in [-0.4, -0.2) is 30.1 Å². The normalized spacial score (nSPS) is 8.93. The predicted molar refractivity (Wildman–Crippen MR) is 106 cm³/mol. The maximum Gasteiger partial charge on any atom is 0.298 e. The Labute approximate surface area is 163 Å². The van der Waals surface area contributed by atoms with Crippen LogP contribution in [0.1, 0.15) is 15.9 Å². The van der Waals surface area contributed by atoms with E-state index >= 15 is 0 Å². The van der Waals surface area contributed by atoms with E-state index in [1.54, 1.807) is 55.6 Å². The number of hydrogen-bond donors (Lipinski definition) is 2. The van der Waals surface area contributed by atoms with Gasteiger partial charge in [0.25, 0.3) is 6.47 Å². The molecule has 0 saturated heterocycles. The van der Waals surface area contributed by atoms with Crippen LogP contribution >= 0.6 is 0 Å². The van der Waals surface area contributed by atoms with Crippen LogP contribution in [0.15, 0.2) is 72.8 Å². The van der Waals surface area contributed by atoms with E-state index in [-0.39, 0.29) is 5.75 Å². The van der Waals surface area contributed by atoms with Gasteiger partial charge in [-0.2, -0.15) is 0 Å². The highest BCUT2D eigenvalue weighted by molar-refractivity contribution is 5.74. The van der Waals surface area contributed by atoms with Crippen molar-refractivity contribution in [1.29, 1.82) is 0 Å². The SMILES string of the molecule is COc1ccc(OC=O)cc1.Cc1ccc(O)cc1.O=Cc1ccc(O)cc1. The van der Waals surface area contributed by atoms with Crippen molar-refractivity contribution < 1.29 is 29.3 Å². The molecule has 6 nitrogen and oxygen atoms in total. The summed E-state index contributed by atoms with van der Waals surface area (Å²) in [4.78, 5) is 19.9. The Morgan fingerprint density at radius 1 is 0.714 bits per heavy atom. The number of ether oxygens (including phenoxy) is 2. The lowest BCUT2D eigenvalue weighted by Crippen LogP contribution is -1.88. The molecular formula is C22H22O6. The quantitative estimate of drug-likeness (QED) is 0.659. The first-order chi connectivity index (χ1) is 13.5. The summed E-state index contributed by atoms with van der Waals surface area (Å²) in [5.41, 5.74) is 1.75. The van der Waals surface area contributed by atoms with Crippen LogP contribution in [0.25, 0.3) is 0 Å². The molecule has 146 valence electrons. The Balaban J connectivity index is 0.000000213. The van der Waals surface area contributed by atoms with Crippen molar-refractivity contribution in [3.63, 3.8) is 0 Å². The van der Waals surface area contributed by atoms with E-state index in [2.05, 4.69) is 4.74 Å². The highest BCUT2D eigenvalue weighted by Crippen LogP contribution is 2.16. The van der Waals surface area contributed by atoms with Crippen LogP contribution < -0.4 is 9.47 Å². The Kier molecular flexibility index (Phi) is 9.96. The van der Waals surface area contributed by atoms with E-state index in [0.29, 0.717) is 23.5 Å². The Bertz CT molecular complexity index is 803. The topological polar surface area (TPSA) is 93.1 Å². The number of rotatable bonds is 4. The minimum Gasteiger partial charge on any atom is -0.508 e. The van der Waals surface area contributed by atoms with Gasteiger partial charge in [0.2, 0.25) is 0 Å². The molecule has 0 spiro atoms. The molecule has 0 radical (unpaired) electrons. The van der Waals surface area contributed by atoms with Gasteiger partial charge in [-0.3, -0.25) is 9.59 Å². The summed E-state index contributed by atoms with van der Waals surface area (Å²) in [6.45, 7) is 2.38. The predicted octanol–water partition coefficient (Wildman–Crippen LogP) is 4.14. The van der Waals surface area contributed by atoms with E-state index < -0.39 is 0 Å². The van der Waals surface area contributed by atoms with Gasteiger partial charge in [0.15, 0.2) is 0 Å². The number of aldehydes is 1. The van der Waals surface area contributed by atoms with Crippen LogP contribution in [0.4, 0.5) is 0 Å². The molecule has 0 unspecified atom stereocenters. The molecule has 0 atom stereocenters. The maximum atomic E-state index is 10.0. The number of aromatic hydroxyl groups is 2. The molecule has 0 aromatic heterocycles. The van der Waals surface area contributed by atoms with Gasteiger partial charge in [-0.25, -0.2) is 0 Å². The summed E-state index contributed by atoms with van der Waals surface area (Å²) in [5, 5.41) is 17.5. The van der Waals surface area contributed by atoms with Crippen LogP contribution in [0.5, 0.6) is 23.0 Å². The smallest absolute Gasteiger partial charge is 0.298 e. The van der Waals surface area contributed by atoms with Gasteiger partial charge < -0.3 is 19.7 Å². The Morgan fingerprint density at radius 3 is 1.57 bits per heavy atom. The minimum atomic E-state index is 0.181. The van der Waals surface area contributed by atoms with E-state index in [1.807, 2.05) is 19.1 Å². The Morgan fingerprint density at radius 2 is 1.18 bits per heavy atom. The first kappa shape index (κ1) is 22.2. The van der Waals surface area contributed by atoms with Crippen molar-refractivity contribution in [2.24, 2.45) is 0 Å². The number of carbonyl (C=O) groups excluding carboxylic acids is 2. The van der Waals surface area contributed by atoms with Crippen LogP contribution in [0.3, 0.4) is 0 Å². The summed E-state index contributed by atoms with van der Waals surface area (Å²) < 4.78 is 9.47. The van der Waals surface area contributed by atoms with Crippen LogP contribution in [0.2, 0.25) is 0 Å². The van der Waals surface area contributed by atoms with Crippen molar-refractivity contribution in [1.82, 2.24) is 0 Å². The first-order valence-electron chi connectivity index (χ1n) is 8.22. The third kappa shape index (κ3) is 9.05. The van der Waals surface area contributed by atoms with E-state index in [0.717, 1.165) is 12.0 Å². The third-order valence-corrected chi connectivity index (χ3v) is 3.31. The zero-order valence-electron chi connectivity index (χ0n) is 15.6. The summed E-state index contributed by atoms with van der Waals surface area (Å²) in [5.74, 6) is 1.76.